The van der Waals surface area contributed by atoms with Crippen LogP contribution in [-0.4, -0.2) is 75.9 Å². The van der Waals surface area contributed by atoms with Gasteiger partial charge in [-0.25, -0.2) is 13.8 Å². The molecule has 0 unspecified atom stereocenters. The first-order valence-electron chi connectivity index (χ1n) is 15.4. The topological polar surface area (TPSA) is 102 Å². The van der Waals surface area contributed by atoms with Crippen molar-refractivity contribution in [1.29, 1.82) is 0 Å². The number of fused-ring (bicyclic) bond motifs is 6. The fourth-order valence-electron chi connectivity index (χ4n) is 8.27. The third kappa shape index (κ3) is 4.50. The first-order chi connectivity index (χ1) is 22.0. The maximum absolute atomic E-state index is 16.9. The number of hydrogen-bond donors (Lipinski definition) is 2. The average molecular weight is 664 g/mol. The highest BCUT2D eigenvalue weighted by Gasteiger charge is 2.49. The molecule has 46 heavy (non-hydrogen) atoms. The van der Waals surface area contributed by atoms with Crippen molar-refractivity contribution in [3.8, 4) is 23.0 Å². The van der Waals surface area contributed by atoms with Crippen LogP contribution < -0.4 is 25.4 Å². The van der Waals surface area contributed by atoms with Crippen LogP contribution in [0.4, 0.5) is 33.6 Å². The number of nitrogens with one attached hydrogen (secondary N) is 1. The van der Waals surface area contributed by atoms with Crippen LogP contribution in [0.3, 0.4) is 0 Å². The minimum atomic E-state index is -4.89. The molecule has 15 heteroatoms. The van der Waals surface area contributed by atoms with Crippen molar-refractivity contribution >= 4 is 34.1 Å². The lowest BCUT2D eigenvalue weighted by Crippen LogP contribution is -2.62. The summed E-state index contributed by atoms with van der Waals surface area (Å²) in [5.74, 6) is -1.07. The Morgan fingerprint density at radius 1 is 1.24 bits per heavy atom. The van der Waals surface area contributed by atoms with E-state index < -0.39 is 40.5 Å². The predicted molar refractivity (Wildman–Crippen MR) is 161 cm³/mol. The Hall–Kier alpha value is -3.49. The third-order valence-electron chi connectivity index (χ3n) is 10.2. The highest BCUT2D eigenvalue weighted by molar-refractivity contribution is 6.36. The van der Waals surface area contributed by atoms with Crippen LogP contribution in [0.5, 0.6) is 11.8 Å². The summed E-state index contributed by atoms with van der Waals surface area (Å²) in [4.78, 5) is 17.4. The molecule has 4 saturated heterocycles. The standard InChI is InChI=1S/C31H31ClF5N7O2/c1-14-26-18-5-3-16(39-18)12-44(26)28-21-25(41-29(42-28)45-13-30-7-2-8-43(30)11-15(9-30)10-33)23(34)20(22(32)27(21)46-14)24-17(31(35,36)37)4-6-19(38)40-24/h4,6,10,14,16,18,26,39H,2-3,5,7-9,11-13H2,1H3,(H2,38,40)/b15-10-/t14-,16+,18-,26+,30-/m0/s1. The minimum absolute atomic E-state index is 0.0289. The maximum Gasteiger partial charge on any atom is 0.418 e. The van der Waals surface area contributed by atoms with E-state index in [9.17, 15) is 17.6 Å². The number of rotatable bonds is 4. The third-order valence-corrected chi connectivity index (χ3v) is 10.6. The molecular weight excluding hydrogens is 633 g/mol. The zero-order valence-electron chi connectivity index (χ0n) is 24.8. The Morgan fingerprint density at radius 3 is 2.85 bits per heavy atom. The van der Waals surface area contributed by atoms with Crippen LogP contribution in [0.25, 0.3) is 22.2 Å². The summed E-state index contributed by atoms with van der Waals surface area (Å²) in [6.07, 6.45) is -0.764. The predicted octanol–water partition coefficient (Wildman–Crippen LogP) is 5.65. The van der Waals surface area contributed by atoms with E-state index in [2.05, 4.69) is 25.1 Å². The van der Waals surface area contributed by atoms with Crippen molar-refractivity contribution < 1.29 is 31.4 Å². The van der Waals surface area contributed by atoms with Crippen molar-refractivity contribution in [2.24, 2.45) is 0 Å². The fraction of sp³-hybridized carbons (Fsp3) is 0.516. The van der Waals surface area contributed by atoms with Crippen LogP contribution in [0.2, 0.25) is 5.02 Å². The molecule has 7 heterocycles. The largest absolute Gasteiger partial charge is 0.486 e. The normalized spacial score (nSPS) is 29.6. The molecule has 1 aromatic carbocycles. The second-order valence-electron chi connectivity index (χ2n) is 13.0. The van der Waals surface area contributed by atoms with E-state index in [4.69, 9.17) is 31.8 Å². The van der Waals surface area contributed by atoms with E-state index in [0.717, 1.165) is 44.4 Å². The number of benzene rings is 1. The van der Waals surface area contributed by atoms with Gasteiger partial charge in [-0.05, 0) is 63.3 Å². The number of alkyl halides is 3. The van der Waals surface area contributed by atoms with E-state index in [1.807, 2.05) is 6.92 Å². The molecular formula is C31H31ClF5N7O2. The van der Waals surface area contributed by atoms with Gasteiger partial charge in [-0.15, -0.1) is 0 Å². The summed E-state index contributed by atoms with van der Waals surface area (Å²) in [5.41, 5.74) is 3.11. The van der Waals surface area contributed by atoms with Crippen molar-refractivity contribution in [2.75, 3.05) is 36.9 Å². The Kier molecular flexibility index (Phi) is 6.83. The molecule has 2 bridgehead atoms. The summed E-state index contributed by atoms with van der Waals surface area (Å²) in [6.45, 7) is 3.81. The van der Waals surface area contributed by atoms with Crippen LogP contribution in [0.15, 0.2) is 24.0 Å². The van der Waals surface area contributed by atoms with Crippen molar-refractivity contribution in [1.82, 2.24) is 25.2 Å². The molecule has 9 nitrogen and oxygen atoms in total. The molecule has 8 rings (SSSR count). The summed E-state index contributed by atoms with van der Waals surface area (Å²) in [7, 11) is 0. The lowest BCUT2D eigenvalue weighted by molar-refractivity contribution is -0.137. The summed E-state index contributed by atoms with van der Waals surface area (Å²) in [5, 5.41) is 3.39. The monoisotopic (exact) mass is 663 g/mol. The number of ether oxygens (including phenoxy) is 2. The van der Waals surface area contributed by atoms with Crippen molar-refractivity contribution in [2.45, 2.75) is 75.0 Å². The van der Waals surface area contributed by atoms with Gasteiger partial charge in [-0.3, -0.25) is 4.90 Å². The highest BCUT2D eigenvalue weighted by Crippen LogP contribution is 2.52. The van der Waals surface area contributed by atoms with Gasteiger partial charge in [0, 0.05) is 25.2 Å². The van der Waals surface area contributed by atoms with E-state index >= 15 is 4.39 Å². The molecule has 244 valence electrons. The van der Waals surface area contributed by atoms with E-state index in [1.54, 1.807) is 0 Å². The number of anilines is 2. The molecule has 5 aliphatic rings. The second-order valence-corrected chi connectivity index (χ2v) is 13.4. The van der Waals surface area contributed by atoms with Crippen LogP contribution in [0, 0.1) is 5.82 Å². The Bertz CT molecular complexity index is 1790. The van der Waals surface area contributed by atoms with Gasteiger partial charge in [0.15, 0.2) is 11.6 Å². The molecule has 0 radical (unpaired) electrons. The van der Waals surface area contributed by atoms with Crippen molar-refractivity contribution in [3.05, 3.63) is 40.4 Å². The molecule has 0 spiro atoms. The molecule has 3 N–H and O–H groups in total. The van der Waals surface area contributed by atoms with Gasteiger partial charge in [0.05, 0.1) is 45.1 Å². The van der Waals surface area contributed by atoms with Crippen LogP contribution in [0.1, 0.15) is 44.6 Å². The molecule has 5 atom stereocenters. The summed E-state index contributed by atoms with van der Waals surface area (Å²) in [6, 6.07) is 1.54. The Labute approximate surface area is 265 Å². The molecule has 0 amide bonds. The number of nitrogens with two attached hydrogens (primary N) is 1. The number of aromatic nitrogens is 3. The summed E-state index contributed by atoms with van der Waals surface area (Å²) >= 11 is 6.82. The van der Waals surface area contributed by atoms with E-state index in [1.165, 1.54) is 0 Å². The van der Waals surface area contributed by atoms with Gasteiger partial charge in [-0.1, -0.05) is 11.6 Å². The second kappa shape index (κ2) is 10.5. The van der Waals surface area contributed by atoms with Gasteiger partial charge in [0.1, 0.15) is 29.9 Å². The number of hydrogen-bond acceptors (Lipinski definition) is 9. The first-order valence-corrected chi connectivity index (χ1v) is 15.8. The number of nitrogens with zero attached hydrogens (tertiary/aromatic N) is 5. The number of piperazine rings is 1. The first kappa shape index (κ1) is 29.9. The smallest absolute Gasteiger partial charge is 0.418 e. The molecule has 2 aromatic heterocycles. The molecule has 3 aromatic rings. The SMILES string of the molecule is C[C@@H]1Oc2c(Cl)c(-c3nc(N)ccc3C(F)(F)F)c(F)c3nc(OC[C@@]45CCCN4C/C(=C\F)C5)nc(c23)N2C[C@H]3CC[C@H](N3)[C@@H]12. The number of nitrogen functional groups attached to an aromatic ring is 1. The van der Waals surface area contributed by atoms with E-state index in [0.29, 0.717) is 37.2 Å². The zero-order chi connectivity index (χ0) is 32.1. The molecule has 5 aliphatic heterocycles. The van der Waals surface area contributed by atoms with Crippen LogP contribution >= 0.6 is 11.6 Å². The van der Waals surface area contributed by atoms with Gasteiger partial charge in [0.2, 0.25) is 0 Å². The molecule has 4 fully saturated rings. The highest BCUT2D eigenvalue weighted by atomic mass is 35.5. The summed E-state index contributed by atoms with van der Waals surface area (Å²) < 4.78 is 85.7. The van der Waals surface area contributed by atoms with Gasteiger partial charge in [0.25, 0.3) is 0 Å². The number of pyridine rings is 1. The van der Waals surface area contributed by atoms with Crippen molar-refractivity contribution in [3.63, 3.8) is 0 Å². The quantitative estimate of drug-likeness (QED) is 0.343. The van der Waals surface area contributed by atoms with E-state index in [-0.39, 0.29) is 58.2 Å². The minimum Gasteiger partial charge on any atom is -0.486 e. The van der Waals surface area contributed by atoms with Gasteiger partial charge >= 0.3 is 12.2 Å². The van der Waals surface area contributed by atoms with Crippen LogP contribution in [-0.2, 0) is 6.18 Å². The molecule has 0 aliphatic carbocycles. The zero-order valence-corrected chi connectivity index (χ0v) is 25.6. The Balaban J connectivity index is 1.33. The lowest BCUT2D eigenvalue weighted by Gasteiger charge is -2.43. The lowest BCUT2D eigenvalue weighted by atomic mass is 9.94. The maximum atomic E-state index is 16.9. The molecule has 0 saturated carbocycles. The average Bonchev–Trinajstić information content (AvgIpc) is 3.66. The fourth-order valence-corrected chi connectivity index (χ4v) is 8.59. The van der Waals surface area contributed by atoms with Gasteiger partial charge < -0.3 is 25.4 Å². The number of halogens is 6. The Morgan fingerprint density at radius 2 is 2.07 bits per heavy atom. The van der Waals surface area contributed by atoms with Gasteiger partial charge in [-0.2, -0.15) is 23.1 Å².